The number of nitrogens with zero attached hydrogens (tertiary/aromatic N) is 1. The highest BCUT2D eigenvalue weighted by Gasteiger charge is 2.23. The maximum absolute atomic E-state index is 13.9. The molecule has 0 aliphatic rings. The van der Waals surface area contributed by atoms with E-state index < -0.39 is 17.3 Å². The molecule has 34 heavy (non-hydrogen) atoms. The zero-order chi connectivity index (χ0) is 25.0. The van der Waals surface area contributed by atoms with Crippen molar-refractivity contribution >= 4 is 41.6 Å². The smallest absolute Gasteiger partial charge is 0.338 e. The molecular formula is C28H31ClFNO2S. The third kappa shape index (κ3) is 6.13. The van der Waals surface area contributed by atoms with Gasteiger partial charge in [0.05, 0.1) is 16.3 Å². The molecule has 0 aromatic heterocycles. The lowest BCUT2D eigenvalue weighted by Crippen LogP contribution is -2.29. The van der Waals surface area contributed by atoms with E-state index in [2.05, 4.69) is 44.7 Å². The summed E-state index contributed by atoms with van der Waals surface area (Å²) in [5.74, 6) is -0.566. The van der Waals surface area contributed by atoms with Crippen LogP contribution >= 0.6 is 24.2 Å². The Bertz CT molecular complexity index is 1150. The molecule has 0 radical (unpaired) electrons. The predicted octanol–water partition coefficient (Wildman–Crippen LogP) is 8.59. The quantitative estimate of drug-likeness (QED) is 0.289. The molecule has 180 valence electrons. The molecular weight excluding hydrogens is 469 g/mol. The lowest BCUT2D eigenvalue weighted by Gasteiger charge is -2.33. The van der Waals surface area contributed by atoms with Gasteiger partial charge in [0, 0.05) is 22.7 Å². The van der Waals surface area contributed by atoms with E-state index >= 15 is 0 Å². The summed E-state index contributed by atoms with van der Waals surface area (Å²) in [6, 6.07) is 17.8. The number of rotatable bonds is 9. The highest BCUT2D eigenvalue weighted by molar-refractivity contribution is 7.80. The second kappa shape index (κ2) is 11.3. The third-order valence-corrected chi connectivity index (χ3v) is 6.74. The van der Waals surface area contributed by atoms with Crippen molar-refractivity contribution in [2.75, 3.05) is 11.4 Å². The number of hydrogen-bond acceptors (Lipinski definition) is 3. The van der Waals surface area contributed by atoms with Crippen molar-refractivity contribution in [3.63, 3.8) is 0 Å². The second-order valence-electron chi connectivity index (χ2n) is 9.40. The van der Waals surface area contributed by atoms with E-state index in [0.29, 0.717) is 38.8 Å². The van der Waals surface area contributed by atoms with Crippen LogP contribution in [0.5, 0.6) is 0 Å². The van der Waals surface area contributed by atoms with Crippen LogP contribution in [0.2, 0.25) is 5.02 Å². The molecule has 3 nitrogen and oxygen atoms in total. The summed E-state index contributed by atoms with van der Waals surface area (Å²) in [7, 11) is 0. The Balaban J connectivity index is 2.08. The first-order valence-corrected chi connectivity index (χ1v) is 12.3. The molecule has 1 atom stereocenters. The molecule has 3 rings (SSSR count). The van der Waals surface area contributed by atoms with Crippen molar-refractivity contribution in [2.24, 2.45) is 17.8 Å². The van der Waals surface area contributed by atoms with Gasteiger partial charge in [0.25, 0.3) is 0 Å². The van der Waals surface area contributed by atoms with Gasteiger partial charge in [-0.1, -0.05) is 63.6 Å². The first kappa shape index (κ1) is 26.1. The molecule has 0 bridgehead atoms. The minimum absolute atomic E-state index is 0.391. The number of thiol groups is 1. The molecule has 0 unspecified atom stereocenters. The Morgan fingerprint density at radius 1 is 1.06 bits per heavy atom. The van der Waals surface area contributed by atoms with Gasteiger partial charge < -0.3 is 10.0 Å². The van der Waals surface area contributed by atoms with Gasteiger partial charge in [-0.25, -0.2) is 9.18 Å². The first-order valence-electron chi connectivity index (χ1n) is 11.5. The van der Waals surface area contributed by atoms with Crippen molar-refractivity contribution in [1.82, 2.24) is 0 Å². The Morgan fingerprint density at radius 2 is 1.74 bits per heavy atom. The number of aromatic carboxylic acids is 1. The number of halogens is 2. The standard InChI is InChI=1S/C28H31ClFNO2S/c1-17(2)12-20(18(3)4)16-31(21-8-6-5-7-9-21)26-15-24(29)22(14-27(26)34)19-10-11-25(30)23(13-19)28(32)33/h5-11,13-15,17-18,20,34H,12,16H2,1-4H3,(H,32,33)/t20-/m1/s1. The summed E-state index contributed by atoms with van der Waals surface area (Å²) in [5, 5.41) is 9.75. The monoisotopic (exact) mass is 499 g/mol. The van der Waals surface area contributed by atoms with Gasteiger partial charge >= 0.3 is 5.97 Å². The van der Waals surface area contributed by atoms with E-state index in [9.17, 15) is 14.3 Å². The van der Waals surface area contributed by atoms with Crippen LogP contribution in [-0.2, 0) is 0 Å². The van der Waals surface area contributed by atoms with Crippen molar-refractivity contribution in [3.05, 3.63) is 77.1 Å². The summed E-state index contributed by atoms with van der Waals surface area (Å²) >= 11 is 11.5. The fourth-order valence-electron chi connectivity index (χ4n) is 4.19. The molecule has 0 aliphatic carbocycles. The molecule has 0 aliphatic heterocycles. The van der Waals surface area contributed by atoms with Crippen LogP contribution < -0.4 is 4.90 Å². The average molecular weight is 500 g/mol. The van der Waals surface area contributed by atoms with Crippen LogP contribution in [0.4, 0.5) is 15.8 Å². The van der Waals surface area contributed by atoms with Crippen LogP contribution in [-0.4, -0.2) is 17.6 Å². The number of anilines is 2. The maximum Gasteiger partial charge on any atom is 0.338 e. The lowest BCUT2D eigenvalue weighted by atomic mass is 9.87. The largest absolute Gasteiger partial charge is 0.478 e. The number of hydrogen-bond donors (Lipinski definition) is 2. The van der Waals surface area contributed by atoms with Gasteiger partial charge in [0.2, 0.25) is 0 Å². The van der Waals surface area contributed by atoms with Gasteiger partial charge in [-0.05, 0) is 66.1 Å². The van der Waals surface area contributed by atoms with E-state index in [1.165, 1.54) is 12.1 Å². The molecule has 0 amide bonds. The fraction of sp³-hybridized carbons (Fsp3) is 0.321. The number of benzene rings is 3. The number of carboxylic acids is 1. The molecule has 1 N–H and O–H groups in total. The van der Waals surface area contributed by atoms with Gasteiger partial charge in [-0.15, -0.1) is 12.6 Å². The Hall–Kier alpha value is -2.50. The maximum atomic E-state index is 13.9. The summed E-state index contributed by atoms with van der Waals surface area (Å²) in [6.45, 7) is 9.80. The van der Waals surface area contributed by atoms with Gasteiger partial charge in [0.15, 0.2) is 0 Å². The average Bonchev–Trinajstić information content (AvgIpc) is 2.78. The van der Waals surface area contributed by atoms with Crippen LogP contribution in [0.15, 0.2) is 65.6 Å². The summed E-state index contributed by atoms with van der Waals surface area (Å²) < 4.78 is 13.9. The van der Waals surface area contributed by atoms with E-state index in [1.807, 2.05) is 30.3 Å². The van der Waals surface area contributed by atoms with Crippen LogP contribution in [0, 0.1) is 23.6 Å². The number of carbonyl (C=O) groups is 1. The topological polar surface area (TPSA) is 40.5 Å². The molecule has 0 saturated carbocycles. The second-order valence-corrected chi connectivity index (χ2v) is 10.3. The van der Waals surface area contributed by atoms with Gasteiger partial charge in [0.1, 0.15) is 5.82 Å². The van der Waals surface area contributed by atoms with E-state index in [0.717, 1.165) is 30.4 Å². The Morgan fingerprint density at radius 3 is 2.32 bits per heavy atom. The molecule has 0 heterocycles. The summed E-state index contributed by atoms with van der Waals surface area (Å²) in [5.41, 5.74) is 2.66. The van der Waals surface area contributed by atoms with Crippen LogP contribution in [0.1, 0.15) is 44.5 Å². The summed E-state index contributed by atoms with van der Waals surface area (Å²) in [6.07, 6.45) is 1.10. The normalized spacial score (nSPS) is 12.3. The van der Waals surface area contributed by atoms with Crippen molar-refractivity contribution in [2.45, 2.75) is 39.0 Å². The number of carboxylic acid groups (broad SMARTS) is 1. The lowest BCUT2D eigenvalue weighted by molar-refractivity contribution is 0.0692. The predicted molar refractivity (Wildman–Crippen MR) is 142 cm³/mol. The van der Waals surface area contributed by atoms with Gasteiger partial charge in [-0.2, -0.15) is 0 Å². The molecule has 0 saturated heterocycles. The highest BCUT2D eigenvalue weighted by atomic mass is 35.5. The molecule has 3 aromatic rings. The summed E-state index contributed by atoms with van der Waals surface area (Å²) in [4.78, 5) is 14.4. The Kier molecular flexibility index (Phi) is 8.67. The molecule has 0 fully saturated rings. The fourth-order valence-corrected chi connectivity index (χ4v) is 4.78. The Labute approximate surface area is 212 Å². The van der Waals surface area contributed by atoms with Crippen molar-refractivity contribution in [1.29, 1.82) is 0 Å². The number of para-hydroxylation sites is 1. The van der Waals surface area contributed by atoms with Crippen LogP contribution in [0.25, 0.3) is 11.1 Å². The minimum atomic E-state index is -1.32. The molecule has 3 aromatic carbocycles. The third-order valence-electron chi connectivity index (χ3n) is 6.06. The van der Waals surface area contributed by atoms with E-state index in [-0.39, 0.29) is 0 Å². The van der Waals surface area contributed by atoms with E-state index in [1.54, 1.807) is 0 Å². The highest BCUT2D eigenvalue weighted by Crippen LogP contribution is 2.40. The zero-order valence-corrected chi connectivity index (χ0v) is 21.6. The van der Waals surface area contributed by atoms with Crippen LogP contribution in [0.3, 0.4) is 0 Å². The SMILES string of the molecule is CC(C)C[C@H](CN(c1ccccc1)c1cc(Cl)c(-c2ccc(F)c(C(=O)O)c2)cc1S)C(C)C. The first-order chi connectivity index (χ1) is 16.1. The van der Waals surface area contributed by atoms with E-state index in [4.69, 9.17) is 24.2 Å². The molecule has 0 spiro atoms. The van der Waals surface area contributed by atoms with Gasteiger partial charge in [-0.3, -0.25) is 0 Å². The van der Waals surface area contributed by atoms with Crippen molar-refractivity contribution < 1.29 is 14.3 Å². The minimum Gasteiger partial charge on any atom is -0.478 e. The zero-order valence-electron chi connectivity index (χ0n) is 19.9. The molecule has 6 heteroatoms. The van der Waals surface area contributed by atoms with Crippen molar-refractivity contribution in [3.8, 4) is 11.1 Å².